The lowest BCUT2D eigenvalue weighted by Gasteiger charge is -2.30. The van der Waals surface area contributed by atoms with Crippen LogP contribution in [0.4, 0.5) is 0 Å². The average Bonchev–Trinajstić information content (AvgIpc) is 3.06. The Hall–Kier alpha value is -1.69. The molecule has 0 spiro atoms. The Bertz CT molecular complexity index is 665. The minimum absolute atomic E-state index is 0.213. The van der Waals surface area contributed by atoms with Crippen molar-refractivity contribution >= 4 is 17.2 Å². The van der Waals surface area contributed by atoms with Crippen LogP contribution in [-0.2, 0) is 22.5 Å². The van der Waals surface area contributed by atoms with Crippen molar-refractivity contribution in [2.45, 2.75) is 19.9 Å². The monoisotopic (exact) mass is 358 g/mol. The van der Waals surface area contributed by atoms with Gasteiger partial charge < -0.3 is 9.64 Å². The summed E-state index contributed by atoms with van der Waals surface area (Å²) >= 11 is 1.81. The fourth-order valence-electron chi connectivity index (χ4n) is 3.04. The van der Waals surface area contributed by atoms with Gasteiger partial charge in [-0.1, -0.05) is 30.3 Å². The molecule has 0 atom stereocenters. The molecule has 25 heavy (non-hydrogen) atoms. The second-order valence-corrected chi connectivity index (χ2v) is 7.82. The molecule has 1 aromatic heterocycles. The first-order chi connectivity index (χ1) is 12.2. The molecule has 0 aliphatic carbocycles. The number of carbonyl (C=O) groups is 1. The molecular weight excluding hydrogens is 332 g/mol. The van der Waals surface area contributed by atoms with Gasteiger partial charge in [0.2, 0.25) is 5.91 Å². The molecule has 1 aliphatic heterocycles. The van der Waals surface area contributed by atoms with Crippen LogP contribution in [0.25, 0.3) is 0 Å². The molecule has 1 saturated heterocycles. The summed E-state index contributed by atoms with van der Waals surface area (Å²) in [5, 5.41) is 0. The van der Waals surface area contributed by atoms with Crippen LogP contribution >= 0.6 is 11.3 Å². The second kappa shape index (κ2) is 9.13. The molecule has 134 valence electrons. The lowest BCUT2D eigenvalue weighted by molar-refractivity contribution is -0.136. The molecule has 0 bridgehead atoms. The number of rotatable bonds is 7. The topological polar surface area (TPSA) is 32.8 Å². The molecular formula is C20H26N2O2S. The Kier molecular flexibility index (Phi) is 6.62. The van der Waals surface area contributed by atoms with Gasteiger partial charge in [-0.2, -0.15) is 0 Å². The van der Waals surface area contributed by atoms with Crippen molar-refractivity contribution < 1.29 is 9.53 Å². The first-order valence-electron chi connectivity index (χ1n) is 8.88. The van der Waals surface area contributed by atoms with E-state index in [2.05, 4.69) is 48.2 Å². The van der Waals surface area contributed by atoms with Gasteiger partial charge in [0.25, 0.3) is 0 Å². The van der Waals surface area contributed by atoms with Crippen molar-refractivity contribution in [3.63, 3.8) is 0 Å². The highest BCUT2D eigenvalue weighted by molar-refractivity contribution is 7.11. The van der Waals surface area contributed by atoms with Crippen LogP contribution in [0.5, 0.6) is 0 Å². The average molecular weight is 359 g/mol. The van der Waals surface area contributed by atoms with Crippen molar-refractivity contribution in [3.05, 3.63) is 57.8 Å². The largest absolute Gasteiger partial charge is 0.378 e. The number of hydrogen-bond donors (Lipinski definition) is 0. The van der Waals surface area contributed by atoms with E-state index in [0.29, 0.717) is 32.8 Å². The first kappa shape index (κ1) is 18.1. The SMILES string of the molecule is Cc1ccc(CN(CCc2ccccc2)CC(=O)N2CCOCC2)s1. The van der Waals surface area contributed by atoms with E-state index < -0.39 is 0 Å². The molecule has 1 fully saturated rings. The van der Waals surface area contributed by atoms with Crippen molar-refractivity contribution in [2.75, 3.05) is 39.4 Å². The summed E-state index contributed by atoms with van der Waals surface area (Å²) in [4.78, 5) is 19.5. The highest BCUT2D eigenvalue weighted by Gasteiger charge is 2.20. The molecule has 0 unspecified atom stereocenters. The minimum Gasteiger partial charge on any atom is -0.378 e. The van der Waals surface area contributed by atoms with Gasteiger partial charge in [-0.25, -0.2) is 0 Å². The van der Waals surface area contributed by atoms with Crippen molar-refractivity contribution in [2.24, 2.45) is 0 Å². The number of hydrogen-bond acceptors (Lipinski definition) is 4. The Labute approximate surface area is 154 Å². The van der Waals surface area contributed by atoms with Crippen LogP contribution in [0.3, 0.4) is 0 Å². The fourth-order valence-corrected chi connectivity index (χ4v) is 3.97. The predicted molar refractivity (Wildman–Crippen MR) is 102 cm³/mol. The molecule has 0 radical (unpaired) electrons. The number of amides is 1. The molecule has 2 heterocycles. The number of ether oxygens (including phenoxy) is 1. The highest BCUT2D eigenvalue weighted by Crippen LogP contribution is 2.17. The van der Waals surface area contributed by atoms with Crippen LogP contribution in [-0.4, -0.2) is 55.1 Å². The Balaban J connectivity index is 1.61. The number of benzene rings is 1. The maximum absolute atomic E-state index is 12.6. The second-order valence-electron chi connectivity index (χ2n) is 6.45. The highest BCUT2D eigenvalue weighted by atomic mass is 32.1. The van der Waals surface area contributed by atoms with Gasteiger partial charge in [0.1, 0.15) is 0 Å². The van der Waals surface area contributed by atoms with E-state index in [-0.39, 0.29) is 5.91 Å². The zero-order chi connectivity index (χ0) is 17.5. The summed E-state index contributed by atoms with van der Waals surface area (Å²) in [5.41, 5.74) is 1.31. The lowest BCUT2D eigenvalue weighted by atomic mass is 10.1. The summed E-state index contributed by atoms with van der Waals surface area (Å²) in [6, 6.07) is 14.8. The third-order valence-corrected chi connectivity index (χ3v) is 5.44. The smallest absolute Gasteiger partial charge is 0.236 e. The molecule has 0 N–H and O–H groups in total. The van der Waals surface area contributed by atoms with E-state index in [1.165, 1.54) is 15.3 Å². The molecule has 1 aliphatic rings. The number of nitrogens with zero attached hydrogens (tertiary/aromatic N) is 2. The van der Waals surface area contributed by atoms with E-state index in [4.69, 9.17) is 4.74 Å². The van der Waals surface area contributed by atoms with Crippen molar-refractivity contribution in [1.29, 1.82) is 0 Å². The number of carbonyl (C=O) groups excluding carboxylic acids is 1. The van der Waals surface area contributed by atoms with Crippen LogP contribution in [0.15, 0.2) is 42.5 Å². The van der Waals surface area contributed by atoms with Crippen molar-refractivity contribution in [1.82, 2.24) is 9.80 Å². The Morgan fingerprint density at radius 3 is 2.60 bits per heavy atom. The third kappa shape index (κ3) is 5.66. The zero-order valence-electron chi connectivity index (χ0n) is 14.8. The molecule has 3 rings (SSSR count). The van der Waals surface area contributed by atoms with Gasteiger partial charge in [-0.3, -0.25) is 9.69 Å². The van der Waals surface area contributed by atoms with Gasteiger partial charge in [0.05, 0.1) is 19.8 Å². The van der Waals surface area contributed by atoms with E-state index in [9.17, 15) is 4.79 Å². The molecule has 2 aromatic rings. The van der Waals surface area contributed by atoms with Crippen LogP contribution in [0.1, 0.15) is 15.3 Å². The van der Waals surface area contributed by atoms with Crippen LogP contribution in [0.2, 0.25) is 0 Å². The Morgan fingerprint density at radius 2 is 1.92 bits per heavy atom. The summed E-state index contributed by atoms with van der Waals surface area (Å²) in [5.74, 6) is 0.213. The summed E-state index contributed by atoms with van der Waals surface area (Å²) in [7, 11) is 0. The predicted octanol–water partition coefficient (Wildman–Crippen LogP) is 2.96. The van der Waals surface area contributed by atoms with E-state index in [1.54, 1.807) is 0 Å². The fraction of sp³-hybridized carbons (Fsp3) is 0.450. The number of thiophene rings is 1. The molecule has 0 saturated carbocycles. The van der Waals surface area contributed by atoms with Crippen molar-refractivity contribution in [3.8, 4) is 0 Å². The molecule has 4 nitrogen and oxygen atoms in total. The number of aryl methyl sites for hydroxylation is 1. The lowest BCUT2D eigenvalue weighted by Crippen LogP contribution is -2.45. The van der Waals surface area contributed by atoms with Gasteiger partial charge >= 0.3 is 0 Å². The van der Waals surface area contributed by atoms with Crippen LogP contribution in [0, 0.1) is 6.92 Å². The van der Waals surface area contributed by atoms with Gasteiger partial charge in [-0.05, 0) is 31.0 Å². The Morgan fingerprint density at radius 1 is 1.16 bits per heavy atom. The van der Waals surface area contributed by atoms with E-state index >= 15 is 0 Å². The molecule has 1 aromatic carbocycles. The van der Waals surface area contributed by atoms with Gasteiger partial charge in [-0.15, -0.1) is 11.3 Å². The molecule has 5 heteroatoms. The quantitative estimate of drug-likeness (QED) is 0.763. The third-order valence-electron chi connectivity index (χ3n) is 4.46. The standard InChI is InChI=1S/C20H26N2O2S/c1-17-7-8-19(25-17)15-21(10-9-18-5-3-2-4-6-18)16-20(23)22-11-13-24-14-12-22/h2-8H,9-16H2,1H3. The minimum atomic E-state index is 0.213. The maximum Gasteiger partial charge on any atom is 0.236 e. The van der Waals surface area contributed by atoms with Gasteiger partial charge in [0, 0.05) is 35.9 Å². The summed E-state index contributed by atoms with van der Waals surface area (Å²) in [6.07, 6.45) is 0.960. The first-order valence-corrected chi connectivity index (χ1v) is 9.69. The summed E-state index contributed by atoms with van der Waals surface area (Å²) in [6.45, 7) is 7.05. The van der Waals surface area contributed by atoms with Crippen LogP contribution < -0.4 is 0 Å². The molecule has 1 amide bonds. The number of morpholine rings is 1. The summed E-state index contributed by atoms with van der Waals surface area (Å²) < 4.78 is 5.35. The zero-order valence-corrected chi connectivity index (χ0v) is 15.6. The van der Waals surface area contributed by atoms with E-state index in [0.717, 1.165) is 19.5 Å². The van der Waals surface area contributed by atoms with Gasteiger partial charge in [0.15, 0.2) is 0 Å². The van der Waals surface area contributed by atoms with E-state index in [1.807, 2.05) is 22.3 Å². The maximum atomic E-state index is 12.6. The normalized spacial score (nSPS) is 14.9.